The second kappa shape index (κ2) is 2.68. The number of furan rings is 1. The number of halogens is 1. The molecule has 0 saturated heterocycles. The van der Waals surface area contributed by atoms with Crippen LogP contribution in [0.4, 0.5) is 0 Å². The highest BCUT2D eigenvalue weighted by molar-refractivity contribution is 6.29. The van der Waals surface area contributed by atoms with E-state index in [2.05, 4.69) is 9.97 Å². The average Bonchev–Trinajstić information content (AvgIpc) is 2.58. The van der Waals surface area contributed by atoms with Gasteiger partial charge in [0.1, 0.15) is 10.9 Å². The summed E-state index contributed by atoms with van der Waals surface area (Å²) in [6, 6.07) is 3.73. The lowest BCUT2D eigenvalue weighted by atomic mass is 10.4. The zero-order valence-electron chi connectivity index (χ0n) is 6.47. The Hall–Kier alpha value is -1.22. The van der Waals surface area contributed by atoms with E-state index < -0.39 is 0 Å². The molecule has 0 saturated carbocycles. The van der Waals surface area contributed by atoms with Crippen LogP contribution >= 0.6 is 11.6 Å². The first-order chi connectivity index (χ1) is 5.75. The van der Waals surface area contributed by atoms with E-state index in [1.54, 1.807) is 6.20 Å². The van der Waals surface area contributed by atoms with Crippen LogP contribution in [0.1, 0.15) is 5.76 Å². The molecule has 0 aliphatic rings. The summed E-state index contributed by atoms with van der Waals surface area (Å²) in [5, 5.41) is 0.513. The lowest BCUT2D eigenvalue weighted by molar-refractivity contribution is 0.545. The van der Waals surface area contributed by atoms with Crippen molar-refractivity contribution >= 4 is 11.6 Å². The third-order valence-corrected chi connectivity index (χ3v) is 1.71. The largest absolute Gasteiger partial charge is 0.458 e. The number of rotatable bonds is 1. The minimum Gasteiger partial charge on any atom is -0.458 e. The van der Waals surface area contributed by atoms with Crippen molar-refractivity contribution < 1.29 is 4.42 Å². The number of imidazole rings is 1. The van der Waals surface area contributed by atoms with Crippen molar-refractivity contribution in [2.75, 3.05) is 0 Å². The lowest BCUT2D eigenvalue weighted by Crippen LogP contribution is -1.74. The highest BCUT2D eigenvalue weighted by Crippen LogP contribution is 2.19. The van der Waals surface area contributed by atoms with Crippen molar-refractivity contribution in [1.29, 1.82) is 0 Å². The van der Waals surface area contributed by atoms with Crippen LogP contribution in [0.15, 0.2) is 22.7 Å². The van der Waals surface area contributed by atoms with E-state index in [9.17, 15) is 0 Å². The minimum atomic E-state index is 0.513. The molecule has 2 rings (SSSR count). The Kier molecular flexibility index (Phi) is 1.66. The van der Waals surface area contributed by atoms with Crippen molar-refractivity contribution in [2.45, 2.75) is 6.92 Å². The van der Waals surface area contributed by atoms with Gasteiger partial charge in [-0.05, 0) is 19.1 Å². The summed E-state index contributed by atoms with van der Waals surface area (Å²) >= 11 is 5.66. The summed E-state index contributed by atoms with van der Waals surface area (Å²) in [5.41, 5.74) is 0. The molecule has 0 unspecified atom stereocenters. The normalized spacial score (nSPS) is 10.5. The first-order valence-corrected chi connectivity index (χ1v) is 3.91. The predicted molar refractivity (Wildman–Crippen MR) is 46.0 cm³/mol. The number of nitrogens with zero attached hydrogens (tertiary/aromatic N) is 1. The van der Waals surface area contributed by atoms with Gasteiger partial charge in [-0.2, -0.15) is 0 Å². The van der Waals surface area contributed by atoms with Crippen LogP contribution in [0.25, 0.3) is 11.6 Å². The monoisotopic (exact) mass is 182 g/mol. The topological polar surface area (TPSA) is 41.8 Å². The van der Waals surface area contributed by atoms with E-state index in [4.69, 9.17) is 16.0 Å². The molecule has 0 spiro atoms. The number of H-pyrrole nitrogens is 1. The SMILES string of the molecule is Cc1ccc(-c2ncc(Cl)[nH]2)o1. The molecule has 0 aliphatic carbocycles. The molecule has 2 heterocycles. The molecule has 2 aromatic heterocycles. The first-order valence-electron chi connectivity index (χ1n) is 3.53. The number of hydrogen-bond acceptors (Lipinski definition) is 2. The molecule has 1 N–H and O–H groups in total. The third-order valence-electron chi connectivity index (χ3n) is 1.52. The van der Waals surface area contributed by atoms with Crippen molar-refractivity contribution in [3.8, 4) is 11.6 Å². The summed E-state index contributed by atoms with van der Waals surface area (Å²) in [7, 11) is 0. The average molecular weight is 183 g/mol. The molecule has 62 valence electrons. The zero-order valence-corrected chi connectivity index (χ0v) is 7.22. The van der Waals surface area contributed by atoms with Gasteiger partial charge in [-0.3, -0.25) is 0 Å². The second-order valence-corrected chi connectivity index (χ2v) is 2.90. The van der Waals surface area contributed by atoms with Crippen LogP contribution in [0.2, 0.25) is 5.15 Å². The summed E-state index contributed by atoms with van der Waals surface area (Å²) in [5.74, 6) is 2.23. The smallest absolute Gasteiger partial charge is 0.174 e. The van der Waals surface area contributed by atoms with E-state index in [-0.39, 0.29) is 0 Å². The molecule has 2 aromatic rings. The quantitative estimate of drug-likeness (QED) is 0.737. The minimum absolute atomic E-state index is 0.513. The Morgan fingerprint density at radius 2 is 2.33 bits per heavy atom. The molecule has 0 radical (unpaired) electrons. The van der Waals surface area contributed by atoms with Crippen LogP contribution in [-0.4, -0.2) is 9.97 Å². The van der Waals surface area contributed by atoms with Crippen molar-refractivity contribution in [3.63, 3.8) is 0 Å². The Labute approximate surface area is 74.4 Å². The number of aromatic amines is 1. The van der Waals surface area contributed by atoms with Crippen molar-refractivity contribution in [1.82, 2.24) is 9.97 Å². The molecule has 0 fully saturated rings. The standard InChI is InChI=1S/C8H7ClN2O/c1-5-2-3-6(12-5)8-10-4-7(9)11-8/h2-4H,1H3,(H,10,11). The maximum Gasteiger partial charge on any atom is 0.174 e. The molecule has 0 aliphatic heterocycles. The molecule has 3 nitrogen and oxygen atoms in total. The Bertz CT molecular complexity index is 353. The first kappa shape index (κ1) is 7.43. The van der Waals surface area contributed by atoms with E-state index in [0.717, 1.165) is 5.76 Å². The fraction of sp³-hybridized carbons (Fsp3) is 0.125. The van der Waals surface area contributed by atoms with Gasteiger partial charge in [0.25, 0.3) is 0 Å². The summed E-state index contributed by atoms with van der Waals surface area (Å²) in [6.45, 7) is 1.88. The van der Waals surface area contributed by atoms with Gasteiger partial charge in [-0.1, -0.05) is 11.6 Å². The predicted octanol–water partition coefficient (Wildman–Crippen LogP) is 2.63. The van der Waals surface area contributed by atoms with Gasteiger partial charge in [0, 0.05) is 0 Å². The van der Waals surface area contributed by atoms with Gasteiger partial charge in [-0.15, -0.1) is 0 Å². The molecule has 4 heteroatoms. The molecule has 0 atom stereocenters. The van der Waals surface area contributed by atoms with Gasteiger partial charge >= 0.3 is 0 Å². The van der Waals surface area contributed by atoms with Crippen LogP contribution in [-0.2, 0) is 0 Å². The third kappa shape index (κ3) is 1.23. The molecular formula is C8H7ClN2O. The van der Waals surface area contributed by atoms with Crippen molar-refractivity contribution in [3.05, 3.63) is 29.2 Å². The summed E-state index contributed by atoms with van der Waals surface area (Å²) in [6.07, 6.45) is 1.55. The highest BCUT2D eigenvalue weighted by atomic mass is 35.5. The second-order valence-electron chi connectivity index (χ2n) is 2.49. The fourth-order valence-corrected chi connectivity index (χ4v) is 1.12. The maximum atomic E-state index is 5.66. The van der Waals surface area contributed by atoms with E-state index in [0.29, 0.717) is 16.7 Å². The van der Waals surface area contributed by atoms with Crippen LogP contribution in [0.5, 0.6) is 0 Å². The number of hydrogen-bond donors (Lipinski definition) is 1. The molecule has 0 amide bonds. The Morgan fingerprint density at radius 3 is 2.83 bits per heavy atom. The maximum absolute atomic E-state index is 5.66. The molecule has 12 heavy (non-hydrogen) atoms. The van der Waals surface area contributed by atoms with Crippen molar-refractivity contribution in [2.24, 2.45) is 0 Å². The van der Waals surface area contributed by atoms with Crippen LogP contribution < -0.4 is 0 Å². The molecule has 0 aromatic carbocycles. The summed E-state index contributed by atoms with van der Waals surface area (Å²) in [4.78, 5) is 6.88. The summed E-state index contributed by atoms with van der Waals surface area (Å²) < 4.78 is 5.33. The van der Waals surface area contributed by atoms with Crippen LogP contribution in [0, 0.1) is 6.92 Å². The molecule has 0 bridgehead atoms. The van der Waals surface area contributed by atoms with Gasteiger partial charge in [0.15, 0.2) is 11.6 Å². The van der Waals surface area contributed by atoms with Gasteiger partial charge in [0.2, 0.25) is 0 Å². The van der Waals surface area contributed by atoms with Gasteiger partial charge in [0.05, 0.1) is 6.20 Å². The highest BCUT2D eigenvalue weighted by Gasteiger charge is 2.05. The number of nitrogens with one attached hydrogen (secondary N) is 1. The van der Waals surface area contributed by atoms with Crippen LogP contribution in [0.3, 0.4) is 0 Å². The van der Waals surface area contributed by atoms with Gasteiger partial charge in [-0.25, -0.2) is 4.98 Å². The van der Waals surface area contributed by atoms with E-state index in [1.165, 1.54) is 0 Å². The number of aromatic nitrogens is 2. The molecular weight excluding hydrogens is 176 g/mol. The fourth-order valence-electron chi connectivity index (χ4n) is 0.986. The lowest BCUT2D eigenvalue weighted by Gasteiger charge is -1.87. The Morgan fingerprint density at radius 1 is 1.50 bits per heavy atom. The number of aryl methyl sites for hydroxylation is 1. The van der Waals surface area contributed by atoms with E-state index >= 15 is 0 Å². The Balaban J connectivity index is 2.43. The zero-order chi connectivity index (χ0) is 8.55. The van der Waals surface area contributed by atoms with E-state index in [1.807, 2.05) is 19.1 Å². The van der Waals surface area contributed by atoms with Gasteiger partial charge < -0.3 is 9.40 Å².